The van der Waals surface area contributed by atoms with Gasteiger partial charge in [0.2, 0.25) is 0 Å². The summed E-state index contributed by atoms with van der Waals surface area (Å²) >= 11 is 5.95. The molecule has 0 bridgehead atoms. The molecule has 2 N–H and O–H groups in total. The predicted octanol–water partition coefficient (Wildman–Crippen LogP) is 6.47. The summed E-state index contributed by atoms with van der Waals surface area (Å²) < 4.78 is 5.55. The second-order valence-electron chi connectivity index (χ2n) is 11.3. The van der Waals surface area contributed by atoms with Crippen LogP contribution >= 0.6 is 11.6 Å². The number of ether oxygens (including phenoxy) is 1. The molecule has 7 nitrogen and oxygen atoms in total. The van der Waals surface area contributed by atoms with Gasteiger partial charge in [0.25, 0.3) is 0 Å². The number of aliphatic hydroxyl groups excluding tert-OH is 1. The van der Waals surface area contributed by atoms with Crippen molar-refractivity contribution in [2.45, 2.75) is 97.3 Å². The molecule has 198 valence electrons. The van der Waals surface area contributed by atoms with Crippen LogP contribution in [0.4, 0.5) is 17.2 Å². The number of aliphatic hydroxyl groups is 1. The molecule has 0 radical (unpaired) electrons. The van der Waals surface area contributed by atoms with E-state index in [1.807, 2.05) is 27.7 Å². The summed E-state index contributed by atoms with van der Waals surface area (Å²) in [7, 11) is 0. The Balaban J connectivity index is 1.95. The molecule has 1 atom stereocenters. The predicted molar refractivity (Wildman–Crippen MR) is 146 cm³/mol. The Bertz CT molecular complexity index is 999. The number of carbonyl (C=O) groups is 1. The summed E-state index contributed by atoms with van der Waals surface area (Å²) in [5.41, 5.74) is 2.52. The largest absolute Gasteiger partial charge is 0.460 e. The van der Waals surface area contributed by atoms with Crippen molar-refractivity contribution < 1.29 is 14.6 Å². The van der Waals surface area contributed by atoms with Gasteiger partial charge in [0.1, 0.15) is 16.6 Å². The van der Waals surface area contributed by atoms with E-state index in [1.165, 1.54) is 6.20 Å². The van der Waals surface area contributed by atoms with Crippen LogP contribution in [0.3, 0.4) is 0 Å². The number of nitrogens with one attached hydrogen (secondary N) is 1. The van der Waals surface area contributed by atoms with Crippen LogP contribution in [0.5, 0.6) is 0 Å². The van der Waals surface area contributed by atoms with Crippen molar-refractivity contribution in [2.24, 2.45) is 5.92 Å². The molecule has 1 aromatic carbocycles. The summed E-state index contributed by atoms with van der Waals surface area (Å²) in [6.07, 6.45) is 6.76. The lowest BCUT2D eigenvalue weighted by molar-refractivity contribution is -0.155. The number of anilines is 3. The lowest BCUT2D eigenvalue weighted by atomic mass is 9.90. The smallest absolute Gasteiger partial charge is 0.306 e. The summed E-state index contributed by atoms with van der Waals surface area (Å²) in [5.74, 6) is 0.834. The Kier molecular flexibility index (Phi) is 9.59. The van der Waals surface area contributed by atoms with E-state index in [1.54, 1.807) is 6.20 Å². The first kappa shape index (κ1) is 28.2. The minimum Gasteiger partial charge on any atom is -0.460 e. The van der Waals surface area contributed by atoms with E-state index in [4.69, 9.17) is 16.3 Å². The van der Waals surface area contributed by atoms with Crippen molar-refractivity contribution in [1.29, 1.82) is 0 Å². The Morgan fingerprint density at radius 2 is 1.86 bits per heavy atom. The third kappa shape index (κ3) is 8.34. The molecule has 1 aliphatic rings. The maximum Gasteiger partial charge on any atom is 0.306 e. The number of esters is 1. The first-order valence-corrected chi connectivity index (χ1v) is 13.3. The van der Waals surface area contributed by atoms with E-state index in [0.29, 0.717) is 29.4 Å². The van der Waals surface area contributed by atoms with Crippen molar-refractivity contribution in [1.82, 2.24) is 9.97 Å². The van der Waals surface area contributed by atoms with Gasteiger partial charge < -0.3 is 20.1 Å². The van der Waals surface area contributed by atoms with E-state index in [9.17, 15) is 9.90 Å². The topological polar surface area (TPSA) is 87.6 Å². The molecule has 3 rings (SSSR count). The molecule has 0 spiro atoms. The maximum atomic E-state index is 12.5. The van der Waals surface area contributed by atoms with Gasteiger partial charge in [-0.05, 0) is 76.0 Å². The van der Waals surface area contributed by atoms with Crippen LogP contribution in [0.1, 0.15) is 85.1 Å². The normalized spacial score (nSPS) is 19.1. The highest BCUT2D eigenvalue weighted by molar-refractivity contribution is 6.29. The maximum absolute atomic E-state index is 12.5. The van der Waals surface area contributed by atoms with Gasteiger partial charge >= 0.3 is 5.97 Å². The SMILES string of the molecule is CC(C)CN(c1ccc([C@H](C)CC(=O)OC(C)(C)C)cc1Nc1cnc(Cl)cn1)C1CCC(O)CC1. The van der Waals surface area contributed by atoms with Crippen LogP contribution in [0, 0.1) is 5.92 Å². The van der Waals surface area contributed by atoms with Gasteiger partial charge in [0.15, 0.2) is 0 Å². The number of aromatic nitrogens is 2. The van der Waals surface area contributed by atoms with Crippen LogP contribution in [-0.2, 0) is 9.53 Å². The molecule has 1 heterocycles. The minimum absolute atomic E-state index is 0.0193. The van der Waals surface area contributed by atoms with Crippen molar-refractivity contribution in [3.8, 4) is 0 Å². The molecule has 1 fully saturated rings. The zero-order valence-corrected chi connectivity index (χ0v) is 23.2. The number of halogens is 1. The average Bonchev–Trinajstić information content (AvgIpc) is 2.78. The summed E-state index contributed by atoms with van der Waals surface area (Å²) in [6, 6.07) is 6.69. The number of hydrogen-bond donors (Lipinski definition) is 2. The second kappa shape index (κ2) is 12.2. The van der Waals surface area contributed by atoms with Crippen molar-refractivity contribution in [2.75, 3.05) is 16.8 Å². The van der Waals surface area contributed by atoms with E-state index >= 15 is 0 Å². The molecule has 36 heavy (non-hydrogen) atoms. The van der Waals surface area contributed by atoms with Crippen molar-refractivity contribution in [3.05, 3.63) is 41.3 Å². The Labute approximate surface area is 220 Å². The van der Waals surface area contributed by atoms with Gasteiger partial charge in [0, 0.05) is 12.6 Å². The molecule has 2 aromatic rings. The highest BCUT2D eigenvalue weighted by atomic mass is 35.5. The van der Waals surface area contributed by atoms with Crippen LogP contribution < -0.4 is 10.2 Å². The van der Waals surface area contributed by atoms with E-state index in [0.717, 1.165) is 49.2 Å². The van der Waals surface area contributed by atoms with E-state index in [2.05, 4.69) is 52.2 Å². The van der Waals surface area contributed by atoms with Gasteiger partial charge in [0.05, 0.1) is 36.3 Å². The summed E-state index contributed by atoms with van der Waals surface area (Å²) in [6.45, 7) is 13.0. The van der Waals surface area contributed by atoms with Crippen LogP contribution in [0.25, 0.3) is 0 Å². The third-order valence-corrected chi connectivity index (χ3v) is 6.54. The number of carbonyl (C=O) groups excluding carboxylic acids is 1. The van der Waals surface area contributed by atoms with Crippen LogP contribution in [0.15, 0.2) is 30.6 Å². The van der Waals surface area contributed by atoms with Gasteiger partial charge in [-0.2, -0.15) is 0 Å². The standard InChI is InChI=1S/C28H41ClN4O3/c1-18(2)17-33(21-8-10-22(34)11-9-21)24-12-7-20(19(3)13-27(35)36-28(4,5)6)14-23(24)32-26-16-30-25(29)15-31-26/h7,12,14-16,18-19,21-22,34H,8-11,13,17H2,1-6H3,(H,31,32)/t19-,21?,22?/m1/s1. The van der Waals surface area contributed by atoms with Gasteiger partial charge in [-0.15, -0.1) is 0 Å². The lowest BCUT2D eigenvalue weighted by Gasteiger charge is -2.39. The second-order valence-corrected chi connectivity index (χ2v) is 11.7. The fourth-order valence-corrected chi connectivity index (χ4v) is 4.78. The molecule has 1 aromatic heterocycles. The molecule has 0 saturated heterocycles. The Morgan fingerprint density at radius 1 is 1.17 bits per heavy atom. The average molecular weight is 517 g/mol. The first-order valence-electron chi connectivity index (χ1n) is 13.0. The van der Waals surface area contributed by atoms with Gasteiger partial charge in [-0.1, -0.05) is 38.4 Å². The lowest BCUT2D eigenvalue weighted by Crippen LogP contribution is -2.41. The minimum atomic E-state index is -0.508. The van der Waals surface area contributed by atoms with Crippen molar-refractivity contribution in [3.63, 3.8) is 0 Å². The fraction of sp³-hybridized carbons (Fsp3) is 0.607. The molecule has 1 aliphatic carbocycles. The molecule has 0 unspecified atom stereocenters. The molecule has 1 saturated carbocycles. The monoisotopic (exact) mass is 516 g/mol. The molecule has 0 aliphatic heterocycles. The number of benzene rings is 1. The summed E-state index contributed by atoms with van der Waals surface area (Å²) in [5, 5.41) is 13.9. The first-order chi connectivity index (χ1) is 16.9. The highest BCUT2D eigenvalue weighted by Gasteiger charge is 2.28. The number of rotatable bonds is 9. The Morgan fingerprint density at radius 3 is 2.44 bits per heavy atom. The quantitative estimate of drug-likeness (QED) is 0.369. The molecular weight excluding hydrogens is 476 g/mol. The number of hydrogen-bond acceptors (Lipinski definition) is 7. The molecule has 8 heteroatoms. The van der Waals surface area contributed by atoms with Crippen LogP contribution in [-0.4, -0.2) is 45.3 Å². The third-order valence-electron chi connectivity index (χ3n) is 6.34. The molecule has 0 amide bonds. The Hall–Kier alpha value is -2.38. The zero-order valence-electron chi connectivity index (χ0n) is 22.4. The van der Waals surface area contributed by atoms with E-state index < -0.39 is 5.60 Å². The summed E-state index contributed by atoms with van der Waals surface area (Å²) in [4.78, 5) is 23.5. The van der Waals surface area contributed by atoms with Crippen molar-refractivity contribution >= 4 is 34.8 Å². The zero-order chi connectivity index (χ0) is 26.5. The van der Waals surface area contributed by atoms with Crippen LogP contribution in [0.2, 0.25) is 5.15 Å². The highest BCUT2D eigenvalue weighted by Crippen LogP contribution is 2.37. The van der Waals surface area contributed by atoms with Gasteiger partial charge in [-0.3, -0.25) is 4.79 Å². The molecular formula is C28H41ClN4O3. The fourth-order valence-electron chi connectivity index (χ4n) is 4.68. The van der Waals surface area contributed by atoms with E-state index in [-0.39, 0.29) is 18.0 Å². The van der Waals surface area contributed by atoms with Gasteiger partial charge in [-0.25, -0.2) is 9.97 Å². The number of nitrogens with zero attached hydrogens (tertiary/aromatic N) is 3.